The van der Waals surface area contributed by atoms with E-state index in [1.54, 1.807) is 12.1 Å². The lowest BCUT2D eigenvalue weighted by atomic mass is 10.1. The summed E-state index contributed by atoms with van der Waals surface area (Å²) in [6.07, 6.45) is 1.01. The first kappa shape index (κ1) is 14.0. The van der Waals surface area contributed by atoms with Crippen molar-refractivity contribution in [3.05, 3.63) is 35.6 Å². The van der Waals surface area contributed by atoms with Crippen LogP contribution in [0.3, 0.4) is 0 Å². The summed E-state index contributed by atoms with van der Waals surface area (Å²) in [6.45, 7) is 0.432. The molecule has 2 rings (SSSR count). The number of benzene rings is 1. The Hall–Kier alpha value is -1.43. The number of hydrogen-bond acceptors (Lipinski definition) is 3. The molecule has 1 saturated heterocycles. The molecule has 6 heteroatoms. The Morgan fingerprint density at radius 3 is 2.58 bits per heavy atom. The Morgan fingerprint density at radius 1 is 1.32 bits per heavy atom. The van der Waals surface area contributed by atoms with Gasteiger partial charge in [0, 0.05) is 6.54 Å². The maximum absolute atomic E-state index is 12.7. The zero-order valence-corrected chi connectivity index (χ0v) is 11.2. The molecule has 0 bridgehead atoms. The number of carbonyl (C=O) groups is 1. The molecule has 0 aromatic heterocycles. The van der Waals surface area contributed by atoms with Gasteiger partial charge in [-0.25, -0.2) is 12.8 Å². The van der Waals surface area contributed by atoms with E-state index in [9.17, 15) is 17.6 Å². The van der Waals surface area contributed by atoms with Crippen LogP contribution in [0.4, 0.5) is 4.39 Å². The van der Waals surface area contributed by atoms with Crippen LogP contribution in [0.15, 0.2) is 24.3 Å². The number of carbonyl (C=O) groups excluding carboxylic acids is 1. The number of nitrogens with one attached hydrogen (secondary N) is 1. The molecule has 104 valence electrons. The zero-order valence-electron chi connectivity index (χ0n) is 10.4. The summed E-state index contributed by atoms with van der Waals surface area (Å²) in [5, 5.41) is 2.73. The standard InChI is InChI=1S/C13H16FNO3S/c14-12-3-1-10(2-4-12)5-7-15-13(16)11-6-8-19(17,18)9-11/h1-4,11H,5-9H2,(H,15,16)/t11-/m0/s1. The zero-order chi connectivity index (χ0) is 13.9. The Balaban J connectivity index is 1.77. The van der Waals surface area contributed by atoms with Crippen molar-refractivity contribution in [3.63, 3.8) is 0 Å². The maximum Gasteiger partial charge on any atom is 0.224 e. The van der Waals surface area contributed by atoms with Crippen molar-refractivity contribution in [1.29, 1.82) is 0 Å². The van der Waals surface area contributed by atoms with Gasteiger partial charge < -0.3 is 5.32 Å². The lowest BCUT2D eigenvalue weighted by Crippen LogP contribution is -2.32. The number of halogens is 1. The summed E-state index contributed by atoms with van der Waals surface area (Å²) in [5.74, 6) is -0.858. The third kappa shape index (κ3) is 4.02. The first-order valence-corrected chi connectivity index (χ1v) is 8.01. The van der Waals surface area contributed by atoms with E-state index in [2.05, 4.69) is 5.32 Å². The summed E-state index contributed by atoms with van der Waals surface area (Å²) in [7, 11) is -3.02. The molecule has 1 amide bonds. The Kier molecular flexibility index (Phi) is 4.19. The van der Waals surface area contributed by atoms with Crippen LogP contribution in [0.25, 0.3) is 0 Å². The number of hydrogen-bond donors (Lipinski definition) is 1. The van der Waals surface area contributed by atoms with Gasteiger partial charge in [0.25, 0.3) is 0 Å². The average molecular weight is 285 g/mol. The van der Waals surface area contributed by atoms with E-state index in [0.29, 0.717) is 19.4 Å². The van der Waals surface area contributed by atoms with E-state index in [0.717, 1.165) is 5.56 Å². The van der Waals surface area contributed by atoms with Crippen molar-refractivity contribution in [3.8, 4) is 0 Å². The van der Waals surface area contributed by atoms with Crippen molar-refractivity contribution < 1.29 is 17.6 Å². The van der Waals surface area contributed by atoms with E-state index < -0.39 is 15.8 Å². The van der Waals surface area contributed by atoms with Gasteiger partial charge in [-0.05, 0) is 30.5 Å². The van der Waals surface area contributed by atoms with Crippen molar-refractivity contribution in [2.45, 2.75) is 12.8 Å². The first-order valence-electron chi connectivity index (χ1n) is 6.19. The van der Waals surface area contributed by atoms with Gasteiger partial charge in [0.05, 0.1) is 17.4 Å². The number of amides is 1. The normalized spacial score (nSPS) is 21.2. The summed E-state index contributed by atoms with van der Waals surface area (Å²) in [4.78, 5) is 11.7. The quantitative estimate of drug-likeness (QED) is 0.894. The van der Waals surface area contributed by atoms with E-state index >= 15 is 0 Å². The fourth-order valence-corrected chi connectivity index (χ4v) is 3.87. The molecule has 0 radical (unpaired) electrons. The molecule has 1 aromatic carbocycles. The Morgan fingerprint density at radius 2 is 2.00 bits per heavy atom. The third-order valence-corrected chi connectivity index (χ3v) is 5.00. The van der Waals surface area contributed by atoms with E-state index in [-0.39, 0.29) is 23.2 Å². The summed E-state index contributed by atoms with van der Waals surface area (Å²) in [6, 6.07) is 6.09. The molecule has 0 unspecified atom stereocenters. The van der Waals surface area contributed by atoms with Gasteiger partial charge in [0.15, 0.2) is 9.84 Å². The topological polar surface area (TPSA) is 63.2 Å². The Labute approximate surface area is 111 Å². The summed E-state index contributed by atoms with van der Waals surface area (Å²) >= 11 is 0. The number of sulfone groups is 1. The van der Waals surface area contributed by atoms with Gasteiger partial charge in [-0.2, -0.15) is 0 Å². The first-order chi connectivity index (χ1) is 8.96. The minimum Gasteiger partial charge on any atom is -0.356 e. The van der Waals surface area contributed by atoms with E-state index in [1.165, 1.54) is 12.1 Å². The van der Waals surface area contributed by atoms with Crippen molar-refractivity contribution >= 4 is 15.7 Å². The van der Waals surface area contributed by atoms with Crippen LogP contribution in [0.2, 0.25) is 0 Å². The van der Waals surface area contributed by atoms with Crippen molar-refractivity contribution in [1.82, 2.24) is 5.32 Å². The minimum absolute atomic E-state index is 0.0462. The molecule has 1 aromatic rings. The highest BCUT2D eigenvalue weighted by Crippen LogP contribution is 2.18. The fraction of sp³-hybridized carbons (Fsp3) is 0.462. The van der Waals surface area contributed by atoms with Crippen LogP contribution in [-0.2, 0) is 21.1 Å². The Bertz CT molecular complexity index is 554. The monoisotopic (exact) mass is 285 g/mol. The summed E-state index contributed by atoms with van der Waals surface area (Å²) in [5.41, 5.74) is 0.931. The fourth-order valence-electron chi connectivity index (χ4n) is 2.13. The summed E-state index contributed by atoms with van der Waals surface area (Å²) < 4.78 is 35.2. The predicted octanol–water partition coefficient (Wildman–Crippen LogP) is 0.919. The molecule has 1 aliphatic rings. The molecule has 1 fully saturated rings. The van der Waals surface area contributed by atoms with E-state index in [1.807, 2.05) is 0 Å². The SMILES string of the molecule is O=C(NCCc1ccc(F)cc1)[C@H]1CCS(=O)(=O)C1. The second-order valence-corrected chi connectivity index (χ2v) is 7.00. The lowest BCUT2D eigenvalue weighted by molar-refractivity contribution is -0.124. The van der Waals surface area contributed by atoms with Crippen LogP contribution in [0.1, 0.15) is 12.0 Å². The maximum atomic E-state index is 12.7. The molecule has 4 nitrogen and oxygen atoms in total. The van der Waals surface area contributed by atoms with Crippen molar-refractivity contribution in [2.24, 2.45) is 5.92 Å². The van der Waals surface area contributed by atoms with Crippen molar-refractivity contribution in [2.75, 3.05) is 18.1 Å². The van der Waals surface area contributed by atoms with Crippen LogP contribution in [0, 0.1) is 11.7 Å². The highest BCUT2D eigenvalue weighted by Gasteiger charge is 2.32. The van der Waals surface area contributed by atoms with Gasteiger partial charge in [-0.15, -0.1) is 0 Å². The predicted molar refractivity (Wildman–Crippen MR) is 69.9 cm³/mol. The number of rotatable bonds is 4. The minimum atomic E-state index is -3.02. The molecule has 0 spiro atoms. The molecule has 1 N–H and O–H groups in total. The second-order valence-electron chi connectivity index (χ2n) is 4.77. The third-order valence-electron chi connectivity index (χ3n) is 3.23. The highest BCUT2D eigenvalue weighted by molar-refractivity contribution is 7.91. The molecule has 0 aliphatic carbocycles. The average Bonchev–Trinajstić information content (AvgIpc) is 2.72. The van der Waals surface area contributed by atoms with Crippen LogP contribution in [0.5, 0.6) is 0 Å². The molecule has 1 atom stereocenters. The van der Waals surface area contributed by atoms with Gasteiger partial charge in [0.1, 0.15) is 5.82 Å². The van der Waals surface area contributed by atoms with E-state index in [4.69, 9.17) is 0 Å². The smallest absolute Gasteiger partial charge is 0.224 e. The van der Waals surface area contributed by atoms with Gasteiger partial charge >= 0.3 is 0 Å². The second kappa shape index (κ2) is 5.69. The molecule has 19 heavy (non-hydrogen) atoms. The lowest BCUT2D eigenvalue weighted by Gasteiger charge is -2.09. The molecule has 1 aliphatic heterocycles. The molecular formula is C13H16FNO3S. The molecular weight excluding hydrogens is 269 g/mol. The molecule has 0 saturated carbocycles. The van der Waals surface area contributed by atoms with Gasteiger partial charge in [0.2, 0.25) is 5.91 Å². The van der Waals surface area contributed by atoms with Gasteiger partial charge in [-0.3, -0.25) is 4.79 Å². The highest BCUT2D eigenvalue weighted by atomic mass is 32.2. The molecule has 1 heterocycles. The van der Waals surface area contributed by atoms with Crippen LogP contribution in [-0.4, -0.2) is 32.4 Å². The van der Waals surface area contributed by atoms with Crippen LogP contribution >= 0.6 is 0 Å². The largest absolute Gasteiger partial charge is 0.356 e. The van der Waals surface area contributed by atoms with Crippen LogP contribution < -0.4 is 5.32 Å². The van der Waals surface area contributed by atoms with Gasteiger partial charge in [-0.1, -0.05) is 12.1 Å².